The first-order valence-corrected chi connectivity index (χ1v) is 13.4. The number of benzene rings is 2. The summed E-state index contributed by atoms with van der Waals surface area (Å²) in [7, 11) is 0. The topological polar surface area (TPSA) is 102 Å². The Hall–Kier alpha value is -3.69. The molecule has 2 aromatic rings. The molecule has 0 aliphatic carbocycles. The molecule has 0 spiro atoms. The van der Waals surface area contributed by atoms with Crippen LogP contribution in [0.25, 0.3) is 6.08 Å². The van der Waals surface area contributed by atoms with E-state index in [0.717, 1.165) is 43.2 Å². The highest BCUT2D eigenvalue weighted by Gasteiger charge is 2.35. The lowest BCUT2D eigenvalue weighted by Gasteiger charge is -2.28. The molecule has 1 aliphatic heterocycles. The van der Waals surface area contributed by atoms with Gasteiger partial charge in [-0.05, 0) is 69.6 Å². The highest BCUT2D eigenvalue weighted by atomic mass is 16.6. The summed E-state index contributed by atoms with van der Waals surface area (Å²) < 4.78 is 5.31. The third-order valence-corrected chi connectivity index (χ3v) is 6.63. The van der Waals surface area contributed by atoms with Crippen LogP contribution in [0.4, 0.5) is 10.5 Å². The maximum absolute atomic E-state index is 13.1. The zero-order chi connectivity index (χ0) is 28.6. The van der Waals surface area contributed by atoms with Crippen molar-refractivity contribution in [3.63, 3.8) is 0 Å². The maximum Gasteiger partial charge on any atom is 0.427 e. The van der Waals surface area contributed by atoms with E-state index in [1.807, 2.05) is 11.0 Å². The number of aliphatic carboxylic acids is 1. The normalized spacial score (nSPS) is 16.8. The molecule has 2 atom stereocenters. The Balaban J connectivity index is 1.73. The van der Waals surface area contributed by atoms with Crippen LogP contribution in [-0.4, -0.2) is 70.7 Å². The summed E-state index contributed by atoms with van der Waals surface area (Å²) in [6.45, 7) is 12.8. The van der Waals surface area contributed by atoms with Crippen LogP contribution in [0.3, 0.4) is 0 Å². The van der Waals surface area contributed by atoms with Gasteiger partial charge in [0.1, 0.15) is 11.6 Å². The number of hydrazine groups is 1. The van der Waals surface area contributed by atoms with Gasteiger partial charge < -0.3 is 9.84 Å². The number of carbonyl (C=O) groups is 3. The van der Waals surface area contributed by atoms with Crippen LogP contribution in [0.5, 0.6) is 0 Å². The number of nitrogens with one attached hydrogen (secondary N) is 1. The molecule has 1 heterocycles. The van der Waals surface area contributed by atoms with Gasteiger partial charge in [-0.3, -0.25) is 19.4 Å². The van der Waals surface area contributed by atoms with Crippen LogP contribution in [0.2, 0.25) is 0 Å². The second-order valence-electron chi connectivity index (χ2n) is 10.5. The predicted octanol–water partition coefficient (Wildman–Crippen LogP) is 4.71. The minimum atomic E-state index is -0.875. The van der Waals surface area contributed by atoms with Gasteiger partial charge in [0.2, 0.25) is 0 Å². The summed E-state index contributed by atoms with van der Waals surface area (Å²) in [6, 6.07) is 15.5. The van der Waals surface area contributed by atoms with Gasteiger partial charge in [0, 0.05) is 25.2 Å². The van der Waals surface area contributed by atoms with Crippen molar-refractivity contribution in [1.82, 2.24) is 15.2 Å². The van der Waals surface area contributed by atoms with Gasteiger partial charge in [-0.1, -0.05) is 56.3 Å². The number of likely N-dealkylation sites (N-methyl/N-ethyl adjacent to an activating group) is 1. The third kappa shape index (κ3) is 8.40. The first kappa shape index (κ1) is 29.9. The summed E-state index contributed by atoms with van der Waals surface area (Å²) in [6.07, 6.45) is 3.18. The maximum atomic E-state index is 13.1. The molecule has 2 aromatic carbocycles. The number of nitrogens with zero attached hydrogens (tertiary/aromatic N) is 3. The third-order valence-electron chi connectivity index (χ3n) is 6.63. The van der Waals surface area contributed by atoms with Crippen molar-refractivity contribution in [2.24, 2.45) is 0 Å². The fraction of sp³-hybridized carbons (Fsp3) is 0.433. The van der Waals surface area contributed by atoms with E-state index in [1.165, 1.54) is 6.08 Å². The largest absolute Gasteiger partial charge is 0.480 e. The Morgan fingerprint density at radius 3 is 2.28 bits per heavy atom. The molecular weight excluding hydrogens is 496 g/mol. The number of ether oxygens (including phenoxy) is 1. The van der Waals surface area contributed by atoms with Crippen LogP contribution >= 0.6 is 0 Å². The number of anilines is 1. The van der Waals surface area contributed by atoms with E-state index in [1.54, 1.807) is 75.4 Å². The van der Waals surface area contributed by atoms with E-state index in [-0.39, 0.29) is 0 Å². The van der Waals surface area contributed by atoms with Gasteiger partial charge in [-0.15, -0.1) is 0 Å². The van der Waals surface area contributed by atoms with Gasteiger partial charge >= 0.3 is 12.1 Å². The molecule has 0 radical (unpaired) electrons. The molecule has 0 bridgehead atoms. The molecule has 1 saturated heterocycles. The lowest BCUT2D eigenvalue weighted by Crippen LogP contribution is -2.47. The van der Waals surface area contributed by atoms with Crippen molar-refractivity contribution in [2.45, 2.75) is 58.7 Å². The van der Waals surface area contributed by atoms with E-state index in [2.05, 4.69) is 24.2 Å². The minimum absolute atomic E-state index is 0.358. The summed E-state index contributed by atoms with van der Waals surface area (Å²) in [4.78, 5) is 42.1. The molecule has 39 heavy (non-hydrogen) atoms. The molecule has 1 fully saturated rings. The van der Waals surface area contributed by atoms with Gasteiger partial charge in [0.05, 0.1) is 5.69 Å². The molecule has 2 amide bonds. The Morgan fingerprint density at radius 1 is 1.08 bits per heavy atom. The summed E-state index contributed by atoms with van der Waals surface area (Å²) >= 11 is 0. The zero-order valence-corrected chi connectivity index (χ0v) is 23.5. The van der Waals surface area contributed by atoms with Crippen LogP contribution in [0, 0.1) is 0 Å². The Bertz CT molecular complexity index is 1140. The number of hydrogen-bond acceptors (Lipinski definition) is 6. The van der Waals surface area contributed by atoms with Crippen LogP contribution in [-0.2, 0) is 14.3 Å². The molecule has 2 unspecified atom stereocenters. The first-order chi connectivity index (χ1) is 18.5. The van der Waals surface area contributed by atoms with Crippen LogP contribution < -0.4 is 10.4 Å². The second-order valence-corrected chi connectivity index (χ2v) is 10.5. The number of carboxylic acids is 1. The van der Waals surface area contributed by atoms with Crippen molar-refractivity contribution in [1.29, 1.82) is 0 Å². The molecule has 0 aromatic heterocycles. The lowest BCUT2D eigenvalue weighted by atomic mass is 10.0. The first-order valence-electron chi connectivity index (χ1n) is 13.4. The SMILES string of the molecule is CCN(CC)C1CCN(C(C(=O)O)c2ccc(C=CC(=O)N(NC(=O)OC(C)(C)C)c3ccccc3)cc2)C1. The highest BCUT2D eigenvalue weighted by molar-refractivity contribution is 6.04. The van der Waals surface area contributed by atoms with Crippen LogP contribution in [0.15, 0.2) is 60.7 Å². The van der Waals surface area contributed by atoms with Crippen LogP contribution in [0.1, 0.15) is 58.2 Å². The van der Waals surface area contributed by atoms with Gasteiger partial charge in [-0.25, -0.2) is 15.2 Å². The monoisotopic (exact) mass is 536 g/mol. The van der Waals surface area contributed by atoms with Crippen molar-refractivity contribution in [3.05, 3.63) is 71.8 Å². The smallest absolute Gasteiger partial charge is 0.427 e. The summed E-state index contributed by atoms with van der Waals surface area (Å²) in [5.74, 6) is -1.35. The van der Waals surface area contributed by atoms with Gasteiger partial charge in [-0.2, -0.15) is 0 Å². The number of carbonyl (C=O) groups excluding carboxylic acids is 2. The molecule has 9 nitrogen and oxygen atoms in total. The average molecular weight is 537 g/mol. The van der Waals surface area contributed by atoms with E-state index >= 15 is 0 Å². The molecule has 3 rings (SSSR count). The van der Waals surface area contributed by atoms with Crippen molar-refractivity contribution < 1.29 is 24.2 Å². The Morgan fingerprint density at radius 2 is 1.72 bits per heavy atom. The van der Waals surface area contributed by atoms with E-state index in [0.29, 0.717) is 17.3 Å². The fourth-order valence-electron chi connectivity index (χ4n) is 4.80. The van der Waals surface area contributed by atoms with Gasteiger partial charge in [0.25, 0.3) is 5.91 Å². The molecular formula is C30H40N4O5. The second kappa shape index (κ2) is 13.4. The number of rotatable bonds is 9. The van der Waals surface area contributed by atoms with Gasteiger partial charge in [0.15, 0.2) is 0 Å². The molecule has 1 aliphatic rings. The van der Waals surface area contributed by atoms with Crippen molar-refractivity contribution in [3.8, 4) is 0 Å². The van der Waals surface area contributed by atoms with E-state index in [4.69, 9.17) is 4.74 Å². The van der Waals surface area contributed by atoms with Crippen molar-refractivity contribution in [2.75, 3.05) is 31.2 Å². The summed E-state index contributed by atoms with van der Waals surface area (Å²) in [5.41, 5.74) is 3.69. The molecule has 210 valence electrons. The standard InChI is InChI=1S/C30H40N4O5/c1-6-32(7-2)25-19-20-33(21-25)27(28(36)37)23-16-13-22(14-17-23)15-18-26(35)34(24-11-9-8-10-12-24)31-29(38)39-30(3,4)5/h8-18,25,27H,6-7,19-21H2,1-5H3,(H,31,38)(H,36,37). The average Bonchev–Trinajstić information content (AvgIpc) is 3.36. The predicted molar refractivity (Wildman–Crippen MR) is 152 cm³/mol. The quantitative estimate of drug-likeness (QED) is 0.353. The Labute approximate surface area is 231 Å². The summed E-state index contributed by atoms with van der Waals surface area (Å²) in [5, 5.41) is 11.1. The van der Waals surface area contributed by atoms with E-state index in [9.17, 15) is 19.5 Å². The van der Waals surface area contributed by atoms with E-state index < -0.39 is 29.6 Å². The number of likely N-dealkylation sites (tertiary alicyclic amines) is 1. The minimum Gasteiger partial charge on any atom is -0.480 e. The lowest BCUT2D eigenvalue weighted by molar-refractivity contribution is -0.143. The number of carboxylic acid groups (broad SMARTS) is 1. The molecule has 9 heteroatoms. The highest BCUT2D eigenvalue weighted by Crippen LogP contribution is 2.28. The number of hydrogen-bond donors (Lipinski definition) is 2. The Kier molecular flexibility index (Phi) is 10.3. The van der Waals surface area contributed by atoms with Crippen molar-refractivity contribution >= 4 is 29.7 Å². The zero-order valence-electron chi connectivity index (χ0n) is 23.5. The number of amides is 2. The molecule has 2 N–H and O–H groups in total. The molecule has 0 saturated carbocycles. The number of para-hydroxylation sites is 1. The fourth-order valence-corrected chi connectivity index (χ4v) is 4.80.